The second kappa shape index (κ2) is 10.3. The summed E-state index contributed by atoms with van der Waals surface area (Å²) < 4.78 is 36.1. The third-order valence-electron chi connectivity index (χ3n) is 5.29. The first-order chi connectivity index (χ1) is 14.3. The minimum atomic E-state index is -3.59. The van der Waals surface area contributed by atoms with Crippen LogP contribution in [-0.2, 0) is 25.1 Å². The van der Waals surface area contributed by atoms with E-state index < -0.39 is 15.6 Å². The molecule has 1 fully saturated rings. The maximum atomic E-state index is 12.5. The van der Waals surface area contributed by atoms with Crippen molar-refractivity contribution in [1.82, 2.24) is 9.88 Å². The minimum absolute atomic E-state index is 0.239. The maximum Gasteiger partial charge on any atom is 0.226 e. The molecule has 0 amide bonds. The smallest absolute Gasteiger partial charge is 0.226 e. The van der Waals surface area contributed by atoms with Crippen LogP contribution in [0.15, 0.2) is 28.7 Å². The van der Waals surface area contributed by atoms with Gasteiger partial charge < -0.3 is 9.15 Å². The summed E-state index contributed by atoms with van der Waals surface area (Å²) in [5.74, 6) is -0.0955. The van der Waals surface area contributed by atoms with Crippen LogP contribution in [0.4, 0.5) is 0 Å². The highest BCUT2D eigenvalue weighted by atomic mass is 32.2. The van der Waals surface area contributed by atoms with E-state index in [1.54, 1.807) is 6.92 Å². The standard InChI is InChI=1S/C22H30N2O5S/c1-17-7-3-4-9-20(17)22-23-21(18(2)29-22)16-30(26,27)15-19(25)8-5-6-10-24-11-13-28-14-12-24/h3-4,7,9H,5-6,8,10-16H2,1-2H3. The van der Waals surface area contributed by atoms with Gasteiger partial charge in [0, 0.05) is 25.1 Å². The number of benzene rings is 1. The molecular formula is C22H30N2O5S. The summed E-state index contributed by atoms with van der Waals surface area (Å²) in [7, 11) is -3.59. The Morgan fingerprint density at radius 2 is 1.87 bits per heavy atom. The number of rotatable bonds is 10. The molecule has 0 unspecified atom stereocenters. The molecule has 30 heavy (non-hydrogen) atoms. The second-order valence-corrected chi connectivity index (χ2v) is 9.88. The summed E-state index contributed by atoms with van der Waals surface area (Å²) in [5.41, 5.74) is 2.20. The van der Waals surface area contributed by atoms with Crippen LogP contribution < -0.4 is 0 Å². The molecule has 1 aromatic heterocycles. The van der Waals surface area contributed by atoms with Crippen molar-refractivity contribution < 1.29 is 22.4 Å². The molecule has 2 aromatic rings. The number of aryl methyl sites for hydroxylation is 2. The Kier molecular flexibility index (Phi) is 7.80. The predicted molar refractivity (Wildman–Crippen MR) is 115 cm³/mol. The average Bonchev–Trinajstić information content (AvgIpc) is 3.05. The number of hydrogen-bond acceptors (Lipinski definition) is 7. The van der Waals surface area contributed by atoms with Gasteiger partial charge in [-0.05, 0) is 44.9 Å². The van der Waals surface area contributed by atoms with E-state index in [1.807, 2.05) is 31.2 Å². The van der Waals surface area contributed by atoms with Crippen molar-refractivity contribution in [2.45, 2.75) is 38.9 Å². The van der Waals surface area contributed by atoms with Gasteiger partial charge >= 0.3 is 0 Å². The molecule has 0 radical (unpaired) electrons. The Hall–Kier alpha value is -2.03. The summed E-state index contributed by atoms with van der Waals surface area (Å²) in [6.45, 7) is 7.92. The van der Waals surface area contributed by atoms with E-state index in [4.69, 9.17) is 9.15 Å². The molecule has 1 saturated heterocycles. The number of aromatic nitrogens is 1. The van der Waals surface area contributed by atoms with Gasteiger partial charge in [-0.25, -0.2) is 13.4 Å². The van der Waals surface area contributed by atoms with Crippen molar-refractivity contribution in [2.24, 2.45) is 0 Å². The zero-order chi connectivity index (χ0) is 21.6. The van der Waals surface area contributed by atoms with Crippen molar-refractivity contribution in [3.63, 3.8) is 0 Å². The average molecular weight is 435 g/mol. The van der Waals surface area contributed by atoms with Crippen LogP contribution in [0, 0.1) is 13.8 Å². The Morgan fingerprint density at radius 3 is 2.60 bits per heavy atom. The van der Waals surface area contributed by atoms with Crippen LogP contribution in [0.2, 0.25) is 0 Å². The minimum Gasteiger partial charge on any atom is -0.441 e. The second-order valence-electron chi connectivity index (χ2n) is 7.82. The topological polar surface area (TPSA) is 89.7 Å². The van der Waals surface area contributed by atoms with Gasteiger partial charge in [-0.3, -0.25) is 9.69 Å². The summed E-state index contributed by atoms with van der Waals surface area (Å²) in [6, 6.07) is 7.64. The summed E-state index contributed by atoms with van der Waals surface area (Å²) >= 11 is 0. The third kappa shape index (κ3) is 6.48. The lowest BCUT2D eigenvalue weighted by Crippen LogP contribution is -2.36. The number of ether oxygens (including phenoxy) is 1. The summed E-state index contributed by atoms with van der Waals surface area (Å²) in [5, 5.41) is 0. The fraction of sp³-hybridized carbons (Fsp3) is 0.545. The highest BCUT2D eigenvalue weighted by Gasteiger charge is 2.22. The van der Waals surface area contributed by atoms with E-state index in [9.17, 15) is 13.2 Å². The first-order valence-electron chi connectivity index (χ1n) is 10.4. The van der Waals surface area contributed by atoms with E-state index in [1.165, 1.54) is 0 Å². The van der Waals surface area contributed by atoms with Gasteiger partial charge in [0.05, 0.1) is 24.7 Å². The van der Waals surface area contributed by atoms with E-state index in [-0.39, 0.29) is 18.0 Å². The van der Waals surface area contributed by atoms with Crippen LogP contribution in [0.3, 0.4) is 0 Å². The Morgan fingerprint density at radius 1 is 1.13 bits per heavy atom. The number of carbonyl (C=O) groups excluding carboxylic acids is 1. The Bertz CT molecular complexity index is 962. The highest BCUT2D eigenvalue weighted by Crippen LogP contribution is 2.25. The lowest BCUT2D eigenvalue weighted by molar-refractivity contribution is -0.116. The first-order valence-corrected chi connectivity index (χ1v) is 12.2. The normalized spacial score (nSPS) is 15.4. The Balaban J connectivity index is 1.50. The molecule has 0 atom stereocenters. The number of carbonyl (C=O) groups is 1. The Labute approximate surface area is 178 Å². The van der Waals surface area contributed by atoms with Gasteiger partial charge in [0.2, 0.25) is 5.89 Å². The van der Waals surface area contributed by atoms with Crippen molar-refractivity contribution in [3.8, 4) is 11.5 Å². The monoisotopic (exact) mass is 434 g/mol. The zero-order valence-corrected chi connectivity index (χ0v) is 18.5. The van der Waals surface area contributed by atoms with Crippen molar-refractivity contribution in [1.29, 1.82) is 0 Å². The molecule has 1 aliphatic rings. The van der Waals surface area contributed by atoms with Gasteiger partial charge in [0.1, 0.15) is 17.3 Å². The molecule has 3 rings (SSSR count). The maximum absolute atomic E-state index is 12.5. The third-order valence-corrected chi connectivity index (χ3v) is 6.76. The molecule has 0 spiro atoms. The number of sulfone groups is 1. The van der Waals surface area contributed by atoms with E-state index in [0.717, 1.165) is 50.4 Å². The fourth-order valence-electron chi connectivity index (χ4n) is 3.55. The van der Waals surface area contributed by atoms with E-state index in [2.05, 4.69) is 9.88 Å². The molecule has 0 N–H and O–H groups in total. The summed E-state index contributed by atoms with van der Waals surface area (Å²) in [4.78, 5) is 18.9. The fourth-order valence-corrected chi connectivity index (χ4v) is 4.97. The molecule has 0 saturated carbocycles. The van der Waals surface area contributed by atoms with Crippen molar-refractivity contribution in [3.05, 3.63) is 41.3 Å². The zero-order valence-electron chi connectivity index (χ0n) is 17.7. The molecule has 0 bridgehead atoms. The largest absolute Gasteiger partial charge is 0.441 e. The van der Waals surface area contributed by atoms with Crippen LogP contribution in [0.5, 0.6) is 0 Å². The van der Waals surface area contributed by atoms with Gasteiger partial charge in [0.15, 0.2) is 9.84 Å². The van der Waals surface area contributed by atoms with Gasteiger partial charge in [-0.15, -0.1) is 0 Å². The van der Waals surface area contributed by atoms with Gasteiger partial charge in [-0.2, -0.15) is 0 Å². The molecule has 8 heteroatoms. The molecule has 0 aliphatic carbocycles. The lowest BCUT2D eigenvalue weighted by Gasteiger charge is -2.26. The van der Waals surface area contributed by atoms with Gasteiger partial charge in [0.25, 0.3) is 0 Å². The number of morpholine rings is 1. The lowest BCUT2D eigenvalue weighted by atomic mass is 10.1. The number of oxazole rings is 1. The van der Waals surface area contributed by atoms with Gasteiger partial charge in [-0.1, -0.05) is 18.2 Å². The number of hydrogen-bond donors (Lipinski definition) is 0. The molecule has 2 heterocycles. The molecule has 1 aromatic carbocycles. The number of Topliss-reactive ketones (excluding diaryl/α,β-unsaturated/α-hetero) is 1. The van der Waals surface area contributed by atoms with Crippen LogP contribution in [0.1, 0.15) is 36.3 Å². The van der Waals surface area contributed by atoms with Crippen LogP contribution in [0.25, 0.3) is 11.5 Å². The first kappa shape index (κ1) is 22.7. The van der Waals surface area contributed by atoms with Crippen molar-refractivity contribution in [2.75, 3.05) is 38.6 Å². The number of ketones is 1. The molecule has 7 nitrogen and oxygen atoms in total. The molecule has 164 valence electrons. The highest BCUT2D eigenvalue weighted by molar-refractivity contribution is 7.91. The summed E-state index contributed by atoms with van der Waals surface area (Å²) in [6.07, 6.45) is 1.87. The quantitative estimate of drug-likeness (QED) is 0.531. The predicted octanol–water partition coefficient (Wildman–Crippen LogP) is 2.94. The van der Waals surface area contributed by atoms with Crippen LogP contribution in [-0.4, -0.2) is 62.7 Å². The molecule has 1 aliphatic heterocycles. The van der Waals surface area contributed by atoms with E-state index in [0.29, 0.717) is 23.8 Å². The molecular weight excluding hydrogens is 404 g/mol. The SMILES string of the molecule is Cc1ccccc1-c1nc(CS(=O)(=O)CC(=O)CCCCN2CCOCC2)c(C)o1. The number of nitrogens with zero attached hydrogens (tertiary/aromatic N) is 2. The van der Waals surface area contributed by atoms with E-state index >= 15 is 0 Å². The van der Waals surface area contributed by atoms with Crippen LogP contribution >= 0.6 is 0 Å². The van der Waals surface area contributed by atoms with Crippen molar-refractivity contribution >= 4 is 15.6 Å². The number of unbranched alkanes of at least 4 members (excludes halogenated alkanes) is 1.